The average molecular weight is 339 g/mol. The third-order valence-corrected chi connectivity index (χ3v) is 5.23. The molecule has 0 saturated heterocycles. The smallest absolute Gasteiger partial charge is 0.160 e. The Bertz CT molecular complexity index is 886. The second-order valence-electron chi connectivity index (χ2n) is 7.03. The van der Waals surface area contributed by atoms with E-state index in [1.807, 2.05) is 30.8 Å². The molecule has 3 aromatic rings. The van der Waals surface area contributed by atoms with Crippen LogP contribution in [0.3, 0.4) is 0 Å². The molecule has 1 aliphatic rings. The topological polar surface area (TPSA) is 72.9 Å². The molecule has 3 aromatic heterocycles. The lowest BCUT2D eigenvalue weighted by atomic mass is 9.95. The van der Waals surface area contributed by atoms with E-state index in [0.717, 1.165) is 34.2 Å². The van der Waals surface area contributed by atoms with Crippen molar-refractivity contribution in [1.29, 1.82) is 0 Å². The summed E-state index contributed by atoms with van der Waals surface area (Å²) in [6, 6.07) is 2.56. The van der Waals surface area contributed by atoms with Crippen LogP contribution in [0.15, 0.2) is 12.4 Å². The second-order valence-corrected chi connectivity index (χ2v) is 7.03. The summed E-state index contributed by atoms with van der Waals surface area (Å²) in [5.41, 5.74) is 4.02. The third kappa shape index (κ3) is 2.99. The fourth-order valence-electron chi connectivity index (χ4n) is 3.70. The molecule has 0 spiro atoms. The second kappa shape index (κ2) is 6.46. The van der Waals surface area contributed by atoms with Gasteiger partial charge in [-0.2, -0.15) is 9.61 Å². The highest BCUT2D eigenvalue weighted by molar-refractivity contribution is 5.55. The third-order valence-electron chi connectivity index (χ3n) is 5.23. The highest BCUT2D eigenvalue weighted by atomic mass is 15.3. The molecule has 0 bridgehead atoms. The monoisotopic (exact) mass is 339 g/mol. The molecule has 4 rings (SSSR count). The minimum absolute atomic E-state index is 0.536. The first kappa shape index (κ1) is 16.1. The number of rotatable bonds is 4. The molecule has 132 valence electrons. The Labute approximate surface area is 147 Å². The Morgan fingerprint density at radius 2 is 1.96 bits per heavy atom. The van der Waals surface area contributed by atoms with Gasteiger partial charge in [0.05, 0.1) is 12.2 Å². The van der Waals surface area contributed by atoms with Crippen LogP contribution in [0.25, 0.3) is 5.65 Å². The summed E-state index contributed by atoms with van der Waals surface area (Å²) in [6.07, 6.45) is 8.26. The van der Waals surface area contributed by atoms with Crippen LogP contribution in [-0.2, 0) is 6.54 Å². The average Bonchev–Trinajstić information content (AvgIpc) is 3.20. The maximum Gasteiger partial charge on any atom is 0.160 e. The van der Waals surface area contributed by atoms with E-state index in [1.54, 1.807) is 0 Å². The minimum atomic E-state index is 0.536. The molecule has 0 atom stereocenters. The number of nitrogens with zero attached hydrogens (tertiary/aromatic N) is 6. The molecule has 7 nitrogen and oxygen atoms in total. The quantitative estimate of drug-likeness (QED) is 0.789. The number of hydrogen-bond donors (Lipinski definition) is 1. The number of hydrogen-bond acceptors (Lipinski definition) is 5. The molecule has 0 amide bonds. The highest BCUT2D eigenvalue weighted by Crippen LogP contribution is 2.28. The van der Waals surface area contributed by atoms with Gasteiger partial charge in [-0.05, 0) is 33.6 Å². The predicted octanol–water partition coefficient (Wildman–Crippen LogP) is 3.36. The van der Waals surface area contributed by atoms with E-state index in [1.165, 1.54) is 32.1 Å². The van der Waals surface area contributed by atoms with Crippen LogP contribution in [0.2, 0.25) is 0 Å². The number of aryl methyl sites for hydroxylation is 3. The van der Waals surface area contributed by atoms with Gasteiger partial charge in [0.15, 0.2) is 11.5 Å². The van der Waals surface area contributed by atoms with Gasteiger partial charge in [0.1, 0.15) is 12.1 Å². The van der Waals surface area contributed by atoms with Gasteiger partial charge < -0.3 is 9.88 Å². The van der Waals surface area contributed by atoms with Crippen LogP contribution < -0.4 is 5.32 Å². The molecular weight excluding hydrogens is 314 g/mol. The fourth-order valence-corrected chi connectivity index (χ4v) is 3.70. The standard InChI is InChI=1S/C18H25N7/c1-12-9-16(25-18(21-12)13(2)14(3)23-25)19-10-17-22-20-11-24(17)15-7-5-4-6-8-15/h9,11,15,19H,4-8,10H2,1-3H3. The Morgan fingerprint density at radius 3 is 2.76 bits per heavy atom. The van der Waals surface area contributed by atoms with Gasteiger partial charge in [0.2, 0.25) is 0 Å². The molecule has 1 saturated carbocycles. The molecule has 25 heavy (non-hydrogen) atoms. The maximum atomic E-state index is 4.62. The summed E-state index contributed by atoms with van der Waals surface area (Å²) in [5.74, 6) is 1.92. The van der Waals surface area contributed by atoms with Gasteiger partial charge in [-0.25, -0.2) is 4.98 Å². The lowest BCUT2D eigenvalue weighted by Crippen LogP contribution is -2.17. The summed E-state index contributed by atoms with van der Waals surface area (Å²) in [5, 5.41) is 16.6. The first-order valence-corrected chi connectivity index (χ1v) is 9.09. The lowest BCUT2D eigenvalue weighted by Gasteiger charge is -2.24. The Morgan fingerprint density at radius 1 is 1.16 bits per heavy atom. The van der Waals surface area contributed by atoms with Crippen molar-refractivity contribution in [3.05, 3.63) is 35.2 Å². The first-order chi connectivity index (χ1) is 12.1. The molecule has 0 aromatic carbocycles. The van der Waals surface area contributed by atoms with E-state index < -0.39 is 0 Å². The number of fused-ring (bicyclic) bond motifs is 1. The summed E-state index contributed by atoms with van der Waals surface area (Å²) < 4.78 is 4.13. The van der Waals surface area contributed by atoms with Gasteiger partial charge in [-0.3, -0.25) is 0 Å². The van der Waals surface area contributed by atoms with Gasteiger partial charge in [0.25, 0.3) is 0 Å². The van der Waals surface area contributed by atoms with Crippen molar-refractivity contribution in [3.8, 4) is 0 Å². The molecule has 7 heteroatoms. The molecule has 1 aliphatic carbocycles. The summed E-state index contributed by atoms with van der Waals surface area (Å²) in [6.45, 7) is 6.72. The molecule has 0 radical (unpaired) electrons. The van der Waals surface area contributed by atoms with Gasteiger partial charge >= 0.3 is 0 Å². The van der Waals surface area contributed by atoms with Gasteiger partial charge in [-0.15, -0.1) is 10.2 Å². The molecule has 0 aliphatic heterocycles. The maximum absolute atomic E-state index is 4.62. The van der Waals surface area contributed by atoms with Crippen molar-refractivity contribution in [1.82, 2.24) is 29.4 Å². The van der Waals surface area contributed by atoms with Crippen molar-refractivity contribution in [2.75, 3.05) is 5.32 Å². The van der Waals surface area contributed by atoms with Crippen LogP contribution in [-0.4, -0.2) is 29.4 Å². The fraction of sp³-hybridized carbons (Fsp3) is 0.556. The number of nitrogens with one attached hydrogen (secondary N) is 1. The van der Waals surface area contributed by atoms with Crippen LogP contribution in [0.5, 0.6) is 0 Å². The summed E-state index contributed by atoms with van der Waals surface area (Å²) in [4.78, 5) is 4.62. The van der Waals surface area contributed by atoms with E-state index >= 15 is 0 Å². The number of aromatic nitrogens is 6. The summed E-state index contributed by atoms with van der Waals surface area (Å²) >= 11 is 0. The summed E-state index contributed by atoms with van der Waals surface area (Å²) in [7, 11) is 0. The van der Waals surface area contributed by atoms with Crippen molar-refractivity contribution in [3.63, 3.8) is 0 Å². The van der Waals surface area contributed by atoms with E-state index in [0.29, 0.717) is 12.6 Å². The zero-order valence-electron chi connectivity index (χ0n) is 15.2. The van der Waals surface area contributed by atoms with Crippen molar-refractivity contribution in [2.45, 2.75) is 65.5 Å². The van der Waals surface area contributed by atoms with Gasteiger partial charge in [0, 0.05) is 23.4 Å². The normalized spacial score (nSPS) is 15.8. The highest BCUT2D eigenvalue weighted by Gasteiger charge is 2.19. The Kier molecular flexibility index (Phi) is 4.15. The number of anilines is 1. The zero-order chi connectivity index (χ0) is 17.4. The molecule has 3 heterocycles. The van der Waals surface area contributed by atoms with Crippen molar-refractivity contribution >= 4 is 11.5 Å². The van der Waals surface area contributed by atoms with E-state index in [9.17, 15) is 0 Å². The lowest BCUT2D eigenvalue weighted by molar-refractivity contribution is 0.346. The van der Waals surface area contributed by atoms with Crippen LogP contribution in [0.4, 0.5) is 5.82 Å². The van der Waals surface area contributed by atoms with E-state index in [2.05, 4.69) is 37.1 Å². The van der Waals surface area contributed by atoms with E-state index in [4.69, 9.17) is 0 Å². The van der Waals surface area contributed by atoms with Crippen molar-refractivity contribution < 1.29 is 0 Å². The van der Waals surface area contributed by atoms with Gasteiger partial charge in [-0.1, -0.05) is 19.3 Å². The SMILES string of the molecule is Cc1cc(NCc2nncn2C2CCCCC2)n2nc(C)c(C)c2n1. The Hall–Kier alpha value is -2.44. The molecule has 1 N–H and O–H groups in total. The largest absolute Gasteiger partial charge is 0.363 e. The molecule has 1 fully saturated rings. The minimum Gasteiger partial charge on any atom is -0.363 e. The van der Waals surface area contributed by atoms with Crippen LogP contribution in [0.1, 0.15) is 60.9 Å². The molecular formula is C18H25N7. The van der Waals surface area contributed by atoms with Crippen LogP contribution in [0, 0.1) is 20.8 Å². The zero-order valence-corrected chi connectivity index (χ0v) is 15.2. The Balaban J connectivity index is 1.59. The van der Waals surface area contributed by atoms with Crippen LogP contribution >= 0.6 is 0 Å². The van der Waals surface area contributed by atoms with Crippen molar-refractivity contribution in [2.24, 2.45) is 0 Å². The predicted molar refractivity (Wildman–Crippen MR) is 96.7 cm³/mol. The molecule has 0 unspecified atom stereocenters. The van der Waals surface area contributed by atoms with E-state index in [-0.39, 0.29) is 0 Å². The first-order valence-electron chi connectivity index (χ1n) is 9.09.